The van der Waals surface area contributed by atoms with Gasteiger partial charge in [0.1, 0.15) is 0 Å². The molecule has 2 aromatic rings. The number of carbonyl (C=O) groups excluding carboxylic acids is 2. The summed E-state index contributed by atoms with van der Waals surface area (Å²) < 4.78 is 0. The van der Waals surface area contributed by atoms with E-state index in [2.05, 4.69) is 10.2 Å². The predicted octanol–water partition coefficient (Wildman–Crippen LogP) is 4.20. The third-order valence-electron chi connectivity index (χ3n) is 6.43. The number of hydrogen-bond acceptors (Lipinski definition) is 4. The molecule has 34 heavy (non-hydrogen) atoms. The van der Waals surface area contributed by atoms with Gasteiger partial charge in [-0.2, -0.15) is 0 Å². The van der Waals surface area contributed by atoms with Crippen molar-refractivity contribution in [3.05, 3.63) is 54.1 Å². The van der Waals surface area contributed by atoms with Crippen LogP contribution in [-0.4, -0.2) is 61.1 Å². The van der Waals surface area contributed by atoms with Crippen LogP contribution in [-0.2, 0) is 9.59 Å². The van der Waals surface area contributed by atoms with Gasteiger partial charge in [0.25, 0.3) is 0 Å². The second-order valence-electron chi connectivity index (χ2n) is 8.87. The molecule has 3 rings (SSSR count). The number of carbonyl (C=O) groups is 3. The summed E-state index contributed by atoms with van der Waals surface area (Å²) >= 11 is 0. The number of nitrogens with one attached hydrogen (secondary N) is 1. The van der Waals surface area contributed by atoms with E-state index in [1.165, 1.54) is 4.90 Å². The molecule has 1 heterocycles. The van der Waals surface area contributed by atoms with Crippen molar-refractivity contribution in [1.29, 1.82) is 0 Å². The molecule has 1 aliphatic rings. The minimum Gasteiger partial charge on any atom is -0.481 e. The Morgan fingerprint density at radius 3 is 2.24 bits per heavy atom. The molecule has 0 aliphatic carbocycles. The van der Waals surface area contributed by atoms with E-state index in [-0.39, 0.29) is 24.3 Å². The van der Waals surface area contributed by atoms with Gasteiger partial charge < -0.3 is 20.2 Å². The second-order valence-corrected chi connectivity index (χ2v) is 8.87. The number of nitrogens with zero attached hydrogens (tertiary/aromatic N) is 3. The maximum Gasteiger partial charge on any atom is 0.326 e. The maximum atomic E-state index is 12.7. The van der Waals surface area contributed by atoms with Crippen LogP contribution >= 0.6 is 0 Å². The molecule has 0 spiro atoms. The maximum absolute atomic E-state index is 12.7. The summed E-state index contributed by atoms with van der Waals surface area (Å²) in [5.74, 6) is -0.535. The Kier molecular flexibility index (Phi) is 8.65. The molecule has 0 saturated carbocycles. The van der Waals surface area contributed by atoms with Crippen LogP contribution in [0.1, 0.15) is 31.7 Å². The number of carboxylic acid groups (broad SMARTS) is 1. The highest BCUT2D eigenvalue weighted by Gasteiger charge is 2.22. The summed E-state index contributed by atoms with van der Waals surface area (Å²) in [6, 6.07) is 14.8. The van der Waals surface area contributed by atoms with Crippen LogP contribution in [0.4, 0.5) is 21.9 Å². The second kappa shape index (κ2) is 11.7. The zero-order chi connectivity index (χ0) is 24.7. The third kappa shape index (κ3) is 6.81. The minimum absolute atomic E-state index is 0.0424. The summed E-state index contributed by atoms with van der Waals surface area (Å²) in [6.07, 6.45) is 1.98. The van der Waals surface area contributed by atoms with Crippen LogP contribution in [0, 0.1) is 12.8 Å². The molecule has 0 bridgehead atoms. The number of aryl methyl sites for hydroxylation is 1. The molecule has 0 atom stereocenters. The van der Waals surface area contributed by atoms with E-state index >= 15 is 0 Å². The number of aliphatic carboxylic acids is 1. The Labute approximate surface area is 201 Å². The Hall–Kier alpha value is -3.39. The Bertz CT molecular complexity index is 1000. The number of likely N-dealkylation sites (tertiary alicyclic amines) is 1. The summed E-state index contributed by atoms with van der Waals surface area (Å²) in [5.41, 5.74) is 3.26. The zero-order valence-corrected chi connectivity index (χ0v) is 20.2. The number of para-hydroxylation sites is 1. The summed E-state index contributed by atoms with van der Waals surface area (Å²) in [6.45, 7) is 6.49. The number of anilines is 3. The van der Waals surface area contributed by atoms with Gasteiger partial charge in [-0.05, 0) is 74.7 Å². The molecule has 0 unspecified atom stereocenters. The molecule has 182 valence electrons. The van der Waals surface area contributed by atoms with E-state index in [0.29, 0.717) is 6.54 Å². The first-order valence-corrected chi connectivity index (χ1v) is 11.7. The average Bonchev–Trinajstić information content (AvgIpc) is 2.81. The van der Waals surface area contributed by atoms with Crippen molar-refractivity contribution in [3.63, 3.8) is 0 Å². The monoisotopic (exact) mass is 466 g/mol. The van der Waals surface area contributed by atoms with Crippen LogP contribution in [0.25, 0.3) is 0 Å². The molecule has 2 N–H and O–H groups in total. The molecule has 3 amide bonds. The molecule has 0 aromatic heterocycles. The van der Waals surface area contributed by atoms with Crippen LogP contribution in [0.2, 0.25) is 0 Å². The van der Waals surface area contributed by atoms with Gasteiger partial charge in [-0.3, -0.25) is 14.5 Å². The van der Waals surface area contributed by atoms with E-state index in [1.54, 1.807) is 18.9 Å². The smallest absolute Gasteiger partial charge is 0.326 e. The van der Waals surface area contributed by atoms with Gasteiger partial charge in [0.05, 0.1) is 0 Å². The number of benzene rings is 2. The standard InChI is InChI=1S/C26H34N4O4/c1-19-6-4-5-7-24(19)27-26(34)28(3)22-8-10-23(11-9-22)30(20(2)31)17-16-29-14-12-21(13-15-29)18-25(32)33/h4-11,21H,12-18H2,1-3H3,(H,27,34)(H,32,33). The molecule has 2 aromatic carbocycles. The van der Waals surface area contributed by atoms with Gasteiger partial charge >= 0.3 is 12.0 Å². The number of hydrogen-bond donors (Lipinski definition) is 2. The van der Waals surface area contributed by atoms with Crippen molar-refractivity contribution in [2.45, 2.75) is 33.1 Å². The van der Waals surface area contributed by atoms with Crippen molar-refractivity contribution < 1.29 is 19.5 Å². The fourth-order valence-electron chi connectivity index (χ4n) is 4.26. The SMILES string of the molecule is CC(=O)N(CCN1CCC(CC(=O)O)CC1)c1ccc(N(C)C(=O)Nc2ccccc2C)cc1. The van der Waals surface area contributed by atoms with Crippen LogP contribution in [0.5, 0.6) is 0 Å². The average molecular weight is 467 g/mol. The molecular weight excluding hydrogens is 432 g/mol. The first-order valence-electron chi connectivity index (χ1n) is 11.7. The van der Waals surface area contributed by atoms with Crippen molar-refractivity contribution >= 4 is 35.0 Å². The van der Waals surface area contributed by atoms with Gasteiger partial charge in [-0.1, -0.05) is 18.2 Å². The largest absolute Gasteiger partial charge is 0.481 e. The van der Waals surface area contributed by atoms with E-state index in [9.17, 15) is 14.4 Å². The Morgan fingerprint density at radius 1 is 1.03 bits per heavy atom. The lowest BCUT2D eigenvalue weighted by Gasteiger charge is -2.33. The van der Waals surface area contributed by atoms with Gasteiger partial charge in [0.2, 0.25) is 5.91 Å². The van der Waals surface area contributed by atoms with E-state index in [0.717, 1.165) is 55.1 Å². The normalized spacial score (nSPS) is 14.4. The third-order valence-corrected chi connectivity index (χ3v) is 6.43. The molecule has 1 fully saturated rings. The highest BCUT2D eigenvalue weighted by molar-refractivity contribution is 6.02. The minimum atomic E-state index is -0.733. The zero-order valence-electron chi connectivity index (χ0n) is 20.2. The van der Waals surface area contributed by atoms with Crippen molar-refractivity contribution in [3.8, 4) is 0 Å². The Morgan fingerprint density at radius 2 is 1.65 bits per heavy atom. The van der Waals surface area contributed by atoms with Gasteiger partial charge in [-0.15, -0.1) is 0 Å². The first-order chi connectivity index (χ1) is 16.2. The Balaban J connectivity index is 1.56. The predicted molar refractivity (Wildman–Crippen MR) is 134 cm³/mol. The van der Waals surface area contributed by atoms with E-state index in [1.807, 2.05) is 55.5 Å². The van der Waals surface area contributed by atoms with Crippen molar-refractivity contribution in [2.75, 3.05) is 48.3 Å². The molecule has 8 nitrogen and oxygen atoms in total. The highest BCUT2D eigenvalue weighted by Crippen LogP contribution is 2.23. The molecular formula is C26H34N4O4. The molecule has 1 saturated heterocycles. The summed E-state index contributed by atoms with van der Waals surface area (Å²) in [5, 5.41) is 11.9. The van der Waals surface area contributed by atoms with Crippen molar-refractivity contribution in [1.82, 2.24) is 4.90 Å². The number of urea groups is 1. The first kappa shape index (κ1) is 25.2. The highest BCUT2D eigenvalue weighted by atomic mass is 16.4. The number of amides is 3. The summed E-state index contributed by atoms with van der Waals surface area (Å²) in [4.78, 5) is 41.5. The quantitative estimate of drug-likeness (QED) is 0.608. The van der Waals surface area contributed by atoms with Crippen LogP contribution < -0.4 is 15.1 Å². The lowest BCUT2D eigenvalue weighted by molar-refractivity contribution is -0.138. The fraction of sp³-hybridized carbons (Fsp3) is 0.423. The van der Waals surface area contributed by atoms with Gasteiger partial charge in [-0.25, -0.2) is 4.79 Å². The fourth-order valence-corrected chi connectivity index (χ4v) is 4.26. The van der Waals surface area contributed by atoms with Crippen molar-refractivity contribution in [2.24, 2.45) is 5.92 Å². The number of piperidine rings is 1. The summed E-state index contributed by atoms with van der Waals surface area (Å²) in [7, 11) is 1.71. The number of rotatable bonds is 8. The molecule has 0 radical (unpaired) electrons. The van der Waals surface area contributed by atoms with E-state index < -0.39 is 5.97 Å². The van der Waals surface area contributed by atoms with Gasteiger partial charge in [0.15, 0.2) is 0 Å². The number of carboxylic acids is 1. The topological polar surface area (TPSA) is 93.2 Å². The lowest BCUT2D eigenvalue weighted by Crippen LogP contribution is -2.41. The van der Waals surface area contributed by atoms with E-state index in [4.69, 9.17) is 5.11 Å². The molecule has 1 aliphatic heterocycles. The van der Waals surface area contributed by atoms with Crippen LogP contribution in [0.15, 0.2) is 48.5 Å². The lowest BCUT2D eigenvalue weighted by atomic mass is 9.94. The molecule has 8 heteroatoms. The van der Waals surface area contributed by atoms with Gasteiger partial charge in [0, 0.05) is 50.5 Å². The van der Waals surface area contributed by atoms with Crippen LogP contribution in [0.3, 0.4) is 0 Å².